The highest BCUT2D eigenvalue weighted by Gasteiger charge is 2.74. The summed E-state index contributed by atoms with van der Waals surface area (Å²) in [6.07, 6.45) is 3.17. The molecule has 26 heavy (non-hydrogen) atoms. The number of para-hydroxylation sites is 1. The molecule has 5 fully saturated rings. The Balaban J connectivity index is 1.62. The van der Waals surface area contributed by atoms with E-state index < -0.39 is 6.23 Å². The number of hydrogen-bond donors (Lipinski definition) is 1. The van der Waals surface area contributed by atoms with Gasteiger partial charge in [-0.1, -0.05) is 24.3 Å². The van der Waals surface area contributed by atoms with Gasteiger partial charge in [-0.25, -0.2) is 0 Å². The molecule has 6 aliphatic rings. The second kappa shape index (κ2) is 4.65. The number of aliphatic hydroxyl groups is 1. The zero-order valence-electron chi connectivity index (χ0n) is 14.9. The number of carbonyl (C=O) groups is 1. The third-order valence-electron chi connectivity index (χ3n) is 7.53. The zero-order valence-corrected chi connectivity index (χ0v) is 14.9. The van der Waals surface area contributed by atoms with E-state index in [9.17, 15) is 9.90 Å². The Labute approximate surface area is 152 Å². The van der Waals surface area contributed by atoms with Gasteiger partial charge in [0.05, 0.1) is 22.9 Å². The minimum absolute atomic E-state index is 0.140. The van der Waals surface area contributed by atoms with E-state index in [0.717, 1.165) is 29.8 Å². The number of aliphatic hydroxyl groups excluding tert-OH is 1. The smallest absolute Gasteiger partial charge is 0.302 e. The molecule has 3 unspecified atom stereocenters. The highest BCUT2D eigenvalue weighted by atomic mass is 16.5. The van der Waals surface area contributed by atoms with Crippen LogP contribution >= 0.6 is 0 Å². The van der Waals surface area contributed by atoms with Gasteiger partial charge in [0.25, 0.3) is 0 Å². The van der Waals surface area contributed by atoms with Crippen LogP contribution in [-0.2, 0) is 14.9 Å². The van der Waals surface area contributed by atoms with Crippen LogP contribution in [0.2, 0.25) is 0 Å². The van der Waals surface area contributed by atoms with Crippen LogP contribution in [0.4, 0.5) is 5.69 Å². The fourth-order valence-electron chi connectivity index (χ4n) is 6.90. The number of nitrogens with zero attached hydrogens (tertiary/aromatic N) is 2. The first kappa shape index (κ1) is 15.1. The summed E-state index contributed by atoms with van der Waals surface area (Å²) in [4.78, 5) is 19.3. The van der Waals surface area contributed by atoms with Crippen molar-refractivity contribution in [2.24, 2.45) is 16.8 Å². The summed E-state index contributed by atoms with van der Waals surface area (Å²) < 4.78 is 6.04. The molecule has 8 atom stereocenters. The Morgan fingerprint density at radius 3 is 3.00 bits per heavy atom. The molecule has 1 aromatic rings. The minimum Gasteiger partial charge on any atom is -0.461 e. The van der Waals surface area contributed by atoms with Gasteiger partial charge in [0.1, 0.15) is 12.3 Å². The van der Waals surface area contributed by atoms with Crippen LogP contribution in [0, 0.1) is 11.8 Å². The summed E-state index contributed by atoms with van der Waals surface area (Å²) in [5.74, 6) is 0.264. The fourth-order valence-corrected chi connectivity index (χ4v) is 6.90. The van der Waals surface area contributed by atoms with Crippen LogP contribution < -0.4 is 0 Å². The van der Waals surface area contributed by atoms with Gasteiger partial charge in [0.2, 0.25) is 0 Å². The molecule has 1 N–H and O–H groups in total. The number of piperidine rings is 4. The second-order valence-corrected chi connectivity index (χ2v) is 8.33. The number of carbonyl (C=O) groups excluding carboxylic acids is 1. The molecule has 5 bridgehead atoms. The quantitative estimate of drug-likeness (QED) is 0.624. The first-order valence-corrected chi connectivity index (χ1v) is 9.55. The third-order valence-corrected chi connectivity index (χ3v) is 7.53. The van der Waals surface area contributed by atoms with Gasteiger partial charge in [-0.15, -0.1) is 0 Å². The molecule has 0 amide bonds. The van der Waals surface area contributed by atoms with Gasteiger partial charge in [-0.2, -0.15) is 0 Å². The highest BCUT2D eigenvalue weighted by Crippen LogP contribution is 2.67. The lowest BCUT2D eigenvalue weighted by Crippen LogP contribution is -2.68. The van der Waals surface area contributed by atoms with E-state index >= 15 is 0 Å². The van der Waals surface area contributed by atoms with E-state index in [1.54, 1.807) is 0 Å². The number of rotatable bonds is 1. The molecule has 5 aliphatic heterocycles. The molecule has 7 rings (SSSR count). The molecule has 1 aromatic carbocycles. The summed E-state index contributed by atoms with van der Waals surface area (Å²) in [5, 5.41) is 11.0. The molecule has 1 saturated carbocycles. The predicted molar refractivity (Wildman–Crippen MR) is 96.2 cm³/mol. The Morgan fingerprint density at radius 1 is 1.42 bits per heavy atom. The normalized spacial score (nSPS) is 47.7. The second-order valence-electron chi connectivity index (χ2n) is 8.33. The molecule has 5 heterocycles. The number of esters is 1. The van der Waals surface area contributed by atoms with Crippen molar-refractivity contribution in [2.75, 3.05) is 0 Å². The van der Waals surface area contributed by atoms with Crippen LogP contribution in [0.15, 0.2) is 40.9 Å². The molecule has 134 valence electrons. The molecule has 4 saturated heterocycles. The van der Waals surface area contributed by atoms with E-state index in [0.29, 0.717) is 0 Å². The number of fused-ring (bicyclic) bond motifs is 2. The monoisotopic (exact) mass is 350 g/mol. The van der Waals surface area contributed by atoms with Gasteiger partial charge in [0.15, 0.2) is 0 Å². The van der Waals surface area contributed by atoms with Crippen LogP contribution in [0.25, 0.3) is 0 Å². The van der Waals surface area contributed by atoms with Gasteiger partial charge in [-0.3, -0.25) is 14.7 Å². The van der Waals surface area contributed by atoms with Gasteiger partial charge in [-0.05, 0) is 42.9 Å². The minimum atomic E-state index is -0.537. The van der Waals surface area contributed by atoms with Gasteiger partial charge in [0, 0.05) is 18.9 Å². The molecule has 0 aromatic heterocycles. The SMILES string of the molecule is C/C=C1/[C@H]2CC3C4=Nc5ccccc5C45C[C@H]([C@@H]2[C@H]5OC(C)=O)N3[C@@H]1O. The maximum Gasteiger partial charge on any atom is 0.302 e. The summed E-state index contributed by atoms with van der Waals surface area (Å²) in [6, 6.07) is 8.67. The van der Waals surface area contributed by atoms with E-state index in [-0.39, 0.29) is 41.4 Å². The van der Waals surface area contributed by atoms with Crippen LogP contribution in [-0.4, -0.2) is 46.1 Å². The average molecular weight is 350 g/mol. The summed E-state index contributed by atoms with van der Waals surface area (Å²) in [6.45, 7) is 3.51. The van der Waals surface area contributed by atoms with Crippen molar-refractivity contribution >= 4 is 17.4 Å². The average Bonchev–Trinajstić information content (AvgIpc) is 3.08. The molecule has 1 spiro atoms. The molecule has 0 radical (unpaired) electrons. The lowest BCUT2D eigenvalue weighted by Gasteiger charge is -2.58. The van der Waals surface area contributed by atoms with Crippen LogP contribution in [0.5, 0.6) is 0 Å². The molecule has 5 nitrogen and oxygen atoms in total. The standard InChI is InChI=1S/C21H22N2O3/c1-3-11-12-8-15-18-21(13-6-4-5-7-14(13)22-18)9-16(23(15)20(11)25)17(12)19(21)26-10(2)24/h3-7,12,15-17,19-20,25H,8-9H2,1-2H3/b11-3-/t12-,15?,16-,17-,19-,20-,21?/m1/s1. The van der Waals surface area contributed by atoms with Crippen molar-refractivity contribution in [3.63, 3.8) is 0 Å². The molecular formula is C21H22N2O3. The number of hydrogen-bond acceptors (Lipinski definition) is 5. The fraction of sp³-hybridized carbons (Fsp3) is 0.524. The highest BCUT2D eigenvalue weighted by molar-refractivity contribution is 6.08. The zero-order chi connectivity index (χ0) is 17.8. The van der Waals surface area contributed by atoms with Crippen molar-refractivity contribution in [3.8, 4) is 0 Å². The molecule has 1 aliphatic carbocycles. The lowest BCUT2D eigenvalue weighted by atomic mass is 9.66. The summed E-state index contributed by atoms with van der Waals surface area (Å²) in [7, 11) is 0. The van der Waals surface area contributed by atoms with E-state index in [2.05, 4.69) is 29.2 Å². The van der Waals surface area contributed by atoms with Crippen molar-refractivity contribution in [2.45, 2.75) is 56.5 Å². The first-order chi connectivity index (χ1) is 12.6. The third kappa shape index (κ3) is 1.45. The van der Waals surface area contributed by atoms with E-state index in [1.807, 2.05) is 13.0 Å². The maximum atomic E-state index is 12.0. The number of ether oxygens (including phenoxy) is 1. The Bertz CT molecular complexity index is 906. The van der Waals surface area contributed by atoms with E-state index in [1.165, 1.54) is 12.5 Å². The van der Waals surface area contributed by atoms with Crippen molar-refractivity contribution in [1.82, 2.24) is 4.90 Å². The number of benzene rings is 1. The van der Waals surface area contributed by atoms with E-state index in [4.69, 9.17) is 9.73 Å². The Hall–Kier alpha value is -1.98. The summed E-state index contributed by atoms with van der Waals surface area (Å²) >= 11 is 0. The van der Waals surface area contributed by atoms with Crippen LogP contribution in [0.3, 0.4) is 0 Å². The maximum absolute atomic E-state index is 12.0. The Morgan fingerprint density at radius 2 is 2.23 bits per heavy atom. The first-order valence-electron chi connectivity index (χ1n) is 9.55. The topological polar surface area (TPSA) is 62.1 Å². The largest absolute Gasteiger partial charge is 0.461 e. The van der Waals surface area contributed by atoms with Crippen LogP contribution in [0.1, 0.15) is 32.3 Å². The van der Waals surface area contributed by atoms with Crippen molar-refractivity contribution in [1.29, 1.82) is 0 Å². The van der Waals surface area contributed by atoms with Gasteiger partial charge < -0.3 is 9.84 Å². The molecule has 5 heteroatoms. The predicted octanol–water partition coefficient (Wildman–Crippen LogP) is 2.31. The number of aliphatic imine (C=N–C) groups is 1. The Kier molecular flexibility index (Phi) is 2.70. The summed E-state index contributed by atoms with van der Waals surface area (Å²) in [5.41, 5.74) is 4.10. The van der Waals surface area contributed by atoms with Crippen molar-refractivity contribution in [3.05, 3.63) is 41.5 Å². The number of allylic oxidation sites excluding steroid dienone is 1. The van der Waals surface area contributed by atoms with Gasteiger partial charge >= 0.3 is 5.97 Å². The molecular weight excluding hydrogens is 328 g/mol. The van der Waals surface area contributed by atoms with Crippen molar-refractivity contribution < 1.29 is 14.6 Å². The lowest BCUT2D eigenvalue weighted by molar-refractivity contribution is -0.156.